The molecule has 0 aliphatic rings. The number of carboxylic acids is 2. The van der Waals surface area contributed by atoms with Crippen molar-refractivity contribution in [2.45, 2.75) is 17.1 Å². The molecule has 0 bridgehead atoms. The largest absolute Gasteiger partial charge is 2.00 e. The fourth-order valence-corrected chi connectivity index (χ4v) is 1.70. The van der Waals surface area contributed by atoms with Gasteiger partial charge in [-0.15, -0.1) is 0 Å². The van der Waals surface area contributed by atoms with Crippen LogP contribution in [0.5, 0.6) is 0 Å². The minimum absolute atomic E-state index is 0. The van der Waals surface area contributed by atoms with Crippen molar-refractivity contribution >= 4 is 156 Å². The molecule has 4 nitrogen and oxygen atoms in total. The normalized spacial score (nSPS) is 10.7. The van der Waals surface area contributed by atoms with E-state index in [0.717, 1.165) is 0 Å². The van der Waals surface area contributed by atoms with E-state index in [9.17, 15) is 19.8 Å². The molecule has 0 heterocycles. The molecule has 0 spiro atoms. The van der Waals surface area contributed by atoms with Gasteiger partial charge in [-0.2, -0.15) is 0 Å². The monoisotopic (exact) mass is 751 g/mol. The van der Waals surface area contributed by atoms with E-state index in [-0.39, 0.29) is 61.7 Å². The molecule has 0 amide bonds. The molecule has 17 heavy (non-hydrogen) atoms. The van der Waals surface area contributed by atoms with Crippen molar-refractivity contribution in [1.82, 2.24) is 0 Å². The molecule has 0 N–H and O–H groups in total. The van der Waals surface area contributed by atoms with Crippen molar-refractivity contribution in [3.63, 3.8) is 0 Å². The summed E-state index contributed by atoms with van der Waals surface area (Å²) in [5.41, 5.74) is 0. The van der Waals surface area contributed by atoms with Crippen LogP contribution in [0.2, 0.25) is 0 Å². The third-order valence-electron chi connectivity index (χ3n) is 0.690. The van der Waals surface area contributed by atoms with E-state index in [1.165, 1.54) is 0 Å². The van der Waals surface area contributed by atoms with E-state index in [1.54, 1.807) is 0 Å². The molecule has 0 aromatic heterocycles. The minimum atomic E-state index is -1.12. The summed E-state index contributed by atoms with van der Waals surface area (Å²) >= 11 is 17.9. The maximum absolute atomic E-state index is 9.81. The Morgan fingerprint density at radius 1 is 0.765 bits per heavy atom. The summed E-state index contributed by atoms with van der Waals surface area (Å²) in [7, 11) is 0. The van der Waals surface area contributed by atoms with Crippen LogP contribution >= 0.6 is 95.6 Å². The zero-order chi connectivity index (χ0) is 13.6. The molecular weight excluding hydrogens is 753 g/mol. The molecule has 0 rings (SSSR count). The van der Waals surface area contributed by atoms with Gasteiger partial charge in [-0.25, -0.2) is 0 Å². The first-order valence-corrected chi connectivity index (χ1v) is 8.12. The number of carboxylic acid groups (broad SMARTS) is 2. The molecular formula is C6H4BaBr6O4. The van der Waals surface area contributed by atoms with Crippen molar-refractivity contribution in [1.29, 1.82) is 0 Å². The second kappa shape index (κ2) is 12.0. The van der Waals surface area contributed by atoms with E-state index in [2.05, 4.69) is 95.6 Å². The maximum Gasteiger partial charge on any atom is 2.00 e. The Morgan fingerprint density at radius 3 is 0.941 bits per heavy atom. The summed E-state index contributed by atoms with van der Waals surface area (Å²) in [6, 6.07) is 0. The SMILES string of the molecule is O=C([O-])CC(Br)(Br)Br.O=C([O-])CC(Br)(Br)Br.[Ba+2]. The van der Waals surface area contributed by atoms with Crippen LogP contribution in [0.25, 0.3) is 0 Å². The molecule has 0 aliphatic heterocycles. The summed E-state index contributed by atoms with van der Waals surface area (Å²) < 4.78 is -1.41. The minimum Gasteiger partial charge on any atom is -0.550 e. The van der Waals surface area contributed by atoms with E-state index < -0.39 is 16.2 Å². The zero-order valence-corrected chi connectivity index (χ0v) is 22.0. The smallest absolute Gasteiger partial charge is 0.550 e. The number of aliphatic carboxylic acids is 2. The number of halogens is 6. The molecule has 0 fully saturated rings. The molecule has 0 radical (unpaired) electrons. The Bertz CT molecular complexity index is 222. The fraction of sp³-hybridized carbons (Fsp3) is 0.667. The van der Waals surface area contributed by atoms with Crippen LogP contribution in [0.1, 0.15) is 12.8 Å². The van der Waals surface area contributed by atoms with Crippen LogP contribution in [-0.2, 0) is 9.59 Å². The van der Waals surface area contributed by atoms with E-state index in [0.29, 0.717) is 0 Å². The molecule has 0 saturated heterocycles. The van der Waals surface area contributed by atoms with Gasteiger partial charge in [-0.3, -0.25) is 0 Å². The van der Waals surface area contributed by atoms with Gasteiger partial charge in [0.05, 0.1) is 0 Å². The number of carbonyl (C=O) groups is 2. The van der Waals surface area contributed by atoms with Crippen LogP contribution in [0.4, 0.5) is 0 Å². The fourth-order valence-electron chi connectivity index (χ4n) is 0.327. The summed E-state index contributed by atoms with van der Waals surface area (Å²) in [5, 5.41) is 19.6. The Kier molecular flexibility index (Phi) is 17.9. The predicted octanol–water partition coefficient (Wildman–Crippen LogP) is 1.55. The van der Waals surface area contributed by atoms with Gasteiger partial charge in [-0.1, -0.05) is 95.6 Å². The Morgan fingerprint density at radius 2 is 0.941 bits per heavy atom. The van der Waals surface area contributed by atoms with Gasteiger partial charge in [0, 0.05) is 24.8 Å². The van der Waals surface area contributed by atoms with Crippen molar-refractivity contribution < 1.29 is 19.8 Å². The molecule has 0 atom stereocenters. The predicted molar refractivity (Wildman–Crippen MR) is 84.0 cm³/mol. The van der Waals surface area contributed by atoms with Crippen LogP contribution in [0.15, 0.2) is 0 Å². The van der Waals surface area contributed by atoms with Crippen molar-refractivity contribution in [2.24, 2.45) is 0 Å². The second-order valence-corrected chi connectivity index (χ2v) is 16.8. The van der Waals surface area contributed by atoms with Gasteiger partial charge in [0.25, 0.3) is 0 Å². The summed E-state index contributed by atoms with van der Waals surface area (Å²) in [5.74, 6) is -2.23. The number of hydrogen-bond acceptors (Lipinski definition) is 4. The van der Waals surface area contributed by atoms with Crippen LogP contribution in [0.3, 0.4) is 0 Å². The quantitative estimate of drug-likeness (QED) is 0.317. The molecule has 11 heteroatoms. The molecule has 0 aliphatic carbocycles. The standard InChI is InChI=1S/2C3H3Br3O2.Ba/c2*4-3(5,6)1-2(7)8;/h2*1H2,(H,7,8);/q;;+2/p-2. The van der Waals surface area contributed by atoms with Crippen molar-refractivity contribution in [3.8, 4) is 0 Å². The van der Waals surface area contributed by atoms with Gasteiger partial charge in [0.2, 0.25) is 0 Å². The Hall–Kier alpha value is 3.39. The average molecular weight is 757 g/mol. The van der Waals surface area contributed by atoms with Gasteiger partial charge >= 0.3 is 48.9 Å². The third kappa shape index (κ3) is 32.7. The summed E-state index contributed by atoms with van der Waals surface area (Å²) in [6.45, 7) is 0. The molecule has 96 valence electrons. The van der Waals surface area contributed by atoms with Crippen molar-refractivity contribution in [3.05, 3.63) is 0 Å². The first-order chi connectivity index (χ1) is 6.83. The third-order valence-corrected chi connectivity index (χ3v) is 2.37. The van der Waals surface area contributed by atoms with Gasteiger partial charge in [-0.05, 0) is 0 Å². The average Bonchev–Trinajstić information content (AvgIpc) is 1.72. The van der Waals surface area contributed by atoms with Crippen LogP contribution in [-0.4, -0.2) is 65.1 Å². The summed E-state index contributed by atoms with van der Waals surface area (Å²) in [4.78, 5) is 19.6. The van der Waals surface area contributed by atoms with Crippen molar-refractivity contribution in [2.75, 3.05) is 0 Å². The number of carbonyl (C=O) groups excluding carboxylic acids is 2. The first-order valence-electron chi connectivity index (χ1n) is 3.36. The molecule has 0 unspecified atom stereocenters. The topological polar surface area (TPSA) is 80.3 Å². The number of rotatable bonds is 2. The van der Waals surface area contributed by atoms with E-state index in [4.69, 9.17) is 0 Å². The zero-order valence-electron chi connectivity index (χ0n) is 8.02. The maximum atomic E-state index is 9.81. The molecule has 0 aromatic rings. The van der Waals surface area contributed by atoms with Crippen LogP contribution in [0, 0.1) is 0 Å². The van der Waals surface area contributed by atoms with Gasteiger partial charge in [0.15, 0.2) is 0 Å². The molecule has 0 saturated carbocycles. The Balaban J connectivity index is -0.000000218. The van der Waals surface area contributed by atoms with E-state index >= 15 is 0 Å². The Labute approximate surface area is 189 Å². The second-order valence-electron chi connectivity index (χ2n) is 2.33. The molecule has 0 aromatic carbocycles. The summed E-state index contributed by atoms with van der Waals surface area (Å²) in [6.07, 6.45) is -0.236. The van der Waals surface area contributed by atoms with E-state index in [1.807, 2.05) is 0 Å². The number of alkyl halides is 6. The van der Waals surface area contributed by atoms with Gasteiger partial charge < -0.3 is 19.8 Å². The number of hydrogen-bond donors (Lipinski definition) is 0. The first kappa shape index (κ1) is 25.4. The van der Waals surface area contributed by atoms with Crippen LogP contribution < -0.4 is 10.2 Å². The van der Waals surface area contributed by atoms with Gasteiger partial charge in [0.1, 0.15) is 4.29 Å².